The van der Waals surface area contributed by atoms with Crippen molar-refractivity contribution in [1.82, 2.24) is 14.6 Å². The Balaban J connectivity index is 1.46. The van der Waals surface area contributed by atoms with Gasteiger partial charge in [0.15, 0.2) is 15.5 Å². The summed E-state index contributed by atoms with van der Waals surface area (Å²) in [6.45, 7) is 10.5. The second-order valence-electron chi connectivity index (χ2n) is 14.7. The summed E-state index contributed by atoms with van der Waals surface area (Å²) in [5.41, 5.74) is 8.62. The number of halogens is 1. The lowest BCUT2D eigenvalue weighted by Gasteiger charge is -2.29. The van der Waals surface area contributed by atoms with Gasteiger partial charge in [0, 0.05) is 35.7 Å². The second kappa shape index (κ2) is 16.5. The van der Waals surface area contributed by atoms with Crippen molar-refractivity contribution in [3.63, 3.8) is 0 Å². The Morgan fingerprint density at radius 2 is 1.55 bits per heavy atom. The maximum Gasteiger partial charge on any atom is 0.424 e. The van der Waals surface area contributed by atoms with E-state index in [2.05, 4.69) is 15.4 Å². The number of ether oxygens (including phenoxy) is 3. The molecule has 3 atom stereocenters. The van der Waals surface area contributed by atoms with Gasteiger partial charge in [-0.2, -0.15) is 4.98 Å². The maximum atomic E-state index is 14.1. The maximum absolute atomic E-state index is 14.1. The zero-order valence-electron chi connectivity index (χ0n) is 32.3. The molecule has 1 unspecified atom stereocenters. The minimum absolute atomic E-state index is 0.00323. The van der Waals surface area contributed by atoms with Gasteiger partial charge in [0.1, 0.15) is 17.6 Å². The van der Waals surface area contributed by atoms with Crippen LogP contribution in [-0.2, 0) is 28.9 Å². The third-order valence-corrected chi connectivity index (χ3v) is 10.1. The number of methoxy groups -OCH3 is 1. The molecule has 0 aliphatic carbocycles. The number of fused-ring (bicyclic) bond motifs is 1. The highest BCUT2D eigenvalue weighted by Crippen LogP contribution is 2.36. The van der Waals surface area contributed by atoms with Gasteiger partial charge in [0.25, 0.3) is 12.2 Å². The summed E-state index contributed by atoms with van der Waals surface area (Å²) < 4.78 is 56.4. The molecule has 0 fully saturated rings. The first-order chi connectivity index (χ1) is 26.3. The van der Waals surface area contributed by atoms with Gasteiger partial charge in [0.2, 0.25) is 5.91 Å². The van der Waals surface area contributed by atoms with E-state index in [1.807, 2.05) is 12.1 Å². The first-order valence-corrected chi connectivity index (χ1v) is 19.5. The molecule has 14 nitrogen and oxygen atoms in total. The smallest absolute Gasteiger partial charge is 0.424 e. The van der Waals surface area contributed by atoms with Crippen molar-refractivity contribution < 1.29 is 41.4 Å². The number of sulfone groups is 1. The first-order valence-electron chi connectivity index (χ1n) is 17.6. The summed E-state index contributed by atoms with van der Waals surface area (Å²) in [5, 5.41) is 7.46. The molecule has 5 rings (SSSR count). The number of hydrogen-bond acceptors (Lipinski definition) is 11. The first kappa shape index (κ1) is 41.3. The number of esters is 1. The van der Waals surface area contributed by atoms with Gasteiger partial charge in [-0.1, -0.05) is 58.9 Å². The highest BCUT2D eigenvalue weighted by Gasteiger charge is 2.35. The quantitative estimate of drug-likeness (QED) is 0.0994. The third-order valence-electron chi connectivity index (χ3n) is 8.95. The van der Waals surface area contributed by atoms with Gasteiger partial charge in [-0.05, 0) is 72.0 Å². The Hall–Kier alpha value is -5.87. The molecule has 0 aliphatic heterocycles. The molecular formula is C40H45FN6O8S. The van der Waals surface area contributed by atoms with E-state index >= 15 is 0 Å². The average Bonchev–Trinajstić information content (AvgIpc) is 3.56. The van der Waals surface area contributed by atoms with E-state index < -0.39 is 51.5 Å². The summed E-state index contributed by atoms with van der Waals surface area (Å²) in [6.07, 6.45) is 0.318. The fourth-order valence-electron chi connectivity index (χ4n) is 5.39. The lowest BCUT2D eigenvalue weighted by Crippen LogP contribution is -2.46. The molecule has 2 amide bonds. The van der Waals surface area contributed by atoms with Crippen LogP contribution in [0.15, 0.2) is 90.0 Å². The van der Waals surface area contributed by atoms with Crippen molar-refractivity contribution in [2.75, 3.05) is 23.6 Å². The molecule has 296 valence electrons. The van der Waals surface area contributed by atoms with E-state index in [0.717, 1.165) is 22.3 Å². The number of rotatable bonds is 12. The van der Waals surface area contributed by atoms with Crippen LogP contribution in [0.2, 0.25) is 0 Å². The van der Waals surface area contributed by atoms with Crippen LogP contribution in [0, 0.1) is 17.2 Å². The van der Waals surface area contributed by atoms with Crippen LogP contribution in [0.3, 0.4) is 0 Å². The highest BCUT2D eigenvalue weighted by atomic mass is 32.2. The molecule has 2 heterocycles. The minimum atomic E-state index is -3.66. The Bertz CT molecular complexity index is 2340. The van der Waals surface area contributed by atoms with Crippen molar-refractivity contribution in [1.29, 1.82) is 0 Å². The fourth-order valence-corrected chi connectivity index (χ4v) is 6.02. The Labute approximate surface area is 324 Å². The van der Waals surface area contributed by atoms with Crippen LogP contribution in [-0.4, -0.2) is 66.7 Å². The molecular weight excluding hydrogens is 744 g/mol. The molecule has 5 aromatic rings. The fraction of sp³-hybridized carbons (Fsp3) is 0.325. The molecule has 0 saturated heterocycles. The molecule has 3 N–H and O–H groups in total. The van der Waals surface area contributed by atoms with Crippen LogP contribution in [0.1, 0.15) is 53.0 Å². The molecule has 2 aromatic heterocycles. The predicted octanol–water partition coefficient (Wildman–Crippen LogP) is 6.86. The van der Waals surface area contributed by atoms with Gasteiger partial charge in [-0.15, -0.1) is 5.10 Å². The van der Waals surface area contributed by atoms with E-state index in [1.165, 1.54) is 42.0 Å². The number of aromatic nitrogens is 3. The topological polar surface area (TPSA) is 185 Å². The van der Waals surface area contributed by atoms with E-state index in [9.17, 15) is 27.2 Å². The number of benzene rings is 3. The molecule has 3 aromatic carbocycles. The molecule has 16 heteroatoms. The summed E-state index contributed by atoms with van der Waals surface area (Å²) in [6, 6.07) is 19.3. The number of pyridine rings is 1. The predicted molar refractivity (Wildman–Crippen MR) is 209 cm³/mol. The monoisotopic (exact) mass is 788 g/mol. The number of nitrogens with zero attached hydrogens (tertiary/aromatic N) is 4. The van der Waals surface area contributed by atoms with E-state index in [4.69, 9.17) is 19.9 Å². The van der Waals surface area contributed by atoms with Crippen molar-refractivity contribution in [3.05, 3.63) is 96.4 Å². The summed E-state index contributed by atoms with van der Waals surface area (Å²) in [7, 11) is -2.34. The number of carbonyl (C=O) groups is 3. The molecule has 0 saturated carbocycles. The molecule has 0 aliphatic rings. The number of nitrogens with one attached hydrogen (secondary N) is 1. The SMILES string of the molecule is COc1cc(S(C)(=O)=O)ccc1N(C(=O)OC(OC(=O)[C@@H](N)C(C)(C)C)C(C)C)c1nc2ccc(-c3ccc(NC(=O)[C@H](C)c4ccc(F)cc4)cc3)cn2n1. The highest BCUT2D eigenvalue weighted by molar-refractivity contribution is 7.90. The minimum Gasteiger partial charge on any atom is -0.495 e. The van der Waals surface area contributed by atoms with E-state index in [0.29, 0.717) is 16.9 Å². The van der Waals surface area contributed by atoms with E-state index in [-0.39, 0.29) is 34.0 Å². The number of anilines is 3. The third kappa shape index (κ3) is 9.49. The number of hydrogen-bond donors (Lipinski definition) is 2. The Morgan fingerprint density at radius 3 is 2.14 bits per heavy atom. The average molecular weight is 789 g/mol. The molecule has 0 bridgehead atoms. The Kier molecular flexibility index (Phi) is 12.1. The lowest BCUT2D eigenvalue weighted by atomic mass is 9.87. The van der Waals surface area contributed by atoms with Crippen LogP contribution in [0.4, 0.5) is 26.5 Å². The Morgan fingerprint density at radius 1 is 0.911 bits per heavy atom. The zero-order chi connectivity index (χ0) is 41.1. The van der Waals surface area contributed by atoms with Crippen LogP contribution in [0.25, 0.3) is 16.8 Å². The van der Waals surface area contributed by atoms with Crippen LogP contribution in [0.5, 0.6) is 5.75 Å². The van der Waals surface area contributed by atoms with Crippen LogP contribution < -0.4 is 20.7 Å². The lowest BCUT2D eigenvalue weighted by molar-refractivity contribution is -0.178. The normalized spacial score (nSPS) is 13.5. The van der Waals surface area contributed by atoms with Gasteiger partial charge >= 0.3 is 12.1 Å². The van der Waals surface area contributed by atoms with Crippen molar-refractivity contribution in [2.45, 2.75) is 64.7 Å². The standard InChI is InChI=1S/C40H45FN6O8S/c1-23(2)37(54-36(49)34(42)40(4,5)6)55-39(50)47(31-19-18-30(56(8,51)52)21-32(31)53-7)38-44-33-20-13-27(22-46(33)45-38)26-11-16-29(17-12-26)43-35(48)24(3)25-9-14-28(41)15-10-25/h9-24,34,37H,42H2,1-8H3,(H,43,48)/t24-,34-,37?/m1/s1. The number of nitrogens with two attached hydrogens (primary N) is 1. The summed E-state index contributed by atoms with van der Waals surface area (Å²) >= 11 is 0. The van der Waals surface area contributed by atoms with Crippen molar-refractivity contribution in [3.8, 4) is 16.9 Å². The zero-order valence-corrected chi connectivity index (χ0v) is 33.1. The largest absolute Gasteiger partial charge is 0.495 e. The molecule has 0 radical (unpaired) electrons. The number of amides is 2. The number of carbonyl (C=O) groups excluding carboxylic acids is 3. The van der Waals surface area contributed by atoms with Crippen LogP contribution >= 0.6 is 0 Å². The summed E-state index contributed by atoms with van der Waals surface area (Å²) in [4.78, 5) is 45.5. The second-order valence-corrected chi connectivity index (χ2v) is 16.7. The molecule has 0 spiro atoms. The van der Waals surface area contributed by atoms with Gasteiger partial charge in [0.05, 0.1) is 23.6 Å². The van der Waals surface area contributed by atoms with Gasteiger partial charge < -0.3 is 25.3 Å². The summed E-state index contributed by atoms with van der Waals surface area (Å²) in [5.74, 6) is -2.57. The van der Waals surface area contributed by atoms with Gasteiger partial charge in [-0.25, -0.2) is 27.0 Å². The van der Waals surface area contributed by atoms with E-state index in [1.54, 1.807) is 84.1 Å². The van der Waals surface area contributed by atoms with Gasteiger partial charge in [-0.3, -0.25) is 9.59 Å². The van der Waals surface area contributed by atoms with Crippen molar-refractivity contribution in [2.24, 2.45) is 17.1 Å². The molecule has 56 heavy (non-hydrogen) atoms. The van der Waals surface area contributed by atoms with Crippen molar-refractivity contribution >= 4 is 50.8 Å².